The van der Waals surface area contributed by atoms with Gasteiger partial charge in [-0.15, -0.1) is 0 Å². The van der Waals surface area contributed by atoms with E-state index in [1.807, 2.05) is 6.92 Å². The molecular formula is C13H23N3O. The van der Waals surface area contributed by atoms with Crippen molar-refractivity contribution in [3.05, 3.63) is 11.9 Å². The highest BCUT2D eigenvalue weighted by Crippen LogP contribution is 2.16. The first-order valence-electron chi connectivity index (χ1n) is 6.39. The van der Waals surface area contributed by atoms with Crippen LogP contribution in [-0.4, -0.2) is 16.6 Å². The molecule has 0 radical (unpaired) electrons. The molecule has 0 saturated heterocycles. The van der Waals surface area contributed by atoms with Crippen molar-refractivity contribution in [2.45, 2.75) is 46.5 Å². The number of nitrogens with zero attached hydrogens (tertiary/aromatic N) is 2. The van der Waals surface area contributed by atoms with Gasteiger partial charge in [0.15, 0.2) is 0 Å². The molecule has 1 heterocycles. The molecule has 0 aliphatic rings. The molecule has 1 aromatic heterocycles. The van der Waals surface area contributed by atoms with Crippen LogP contribution in [-0.2, 0) is 0 Å². The molecule has 96 valence electrons. The summed E-state index contributed by atoms with van der Waals surface area (Å²) in [6.45, 7) is 6.94. The highest BCUT2D eigenvalue weighted by molar-refractivity contribution is 5.32. The zero-order valence-electron chi connectivity index (χ0n) is 11.1. The molecule has 0 aliphatic heterocycles. The lowest BCUT2D eigenvalue weighted by Crippen LogP contribution is -2.12. The van der Waals surface area contributed by atoms with E-state index in [0.29, 0.717) is 30.0 Å². The zero-order valence-corrected chi connectivity index (χ0v) is 11.1. The van der Waals surface area contributed by atoms with Crippen LogP contribution in [0.2, 0.25) is 0 Å². The number of rotatable bonds is 7. The number of hydrogen-bond acceptors (Lipinski definition) is 4. The van der Waals surface area contributed by atoms with Gasteiger partial charge in [-0.3, -0.25) is 0 Å². The Bertz CT molecular complexity index is 321. The van der Waals surface area contributed by atoms with Gasteiger partial charge in [0, 0.05) is 6.07 Å². The fourth-order valence-electron chi connectivity index (χ4n) is 1.74. The monoisotopic (exact) mass is 237 g/mol. The molecule has 4 nitrogen and oxygen atoms in total. The van der Waals surface area contributed by atoms with Crippen LogP contribution in [0, 0.1) is 12.8 Å². The summed E-state index contributed by atoms with van der Waals surface area (Å²) in [5.41, 5.74) is 5.65. The number of nitrogens with two attached hydrogens (primary N) is 1. The van der Waals surface area contributed by atoms with E-state index in [0.717, 1.165) is 6.42 Å². The molecule has 2 N–H and O–H groups in total. The lowest BCUT2D eigenvalue weighted by Gasteiger charge is -2.15. The van der Waals surface area contributed by atoms with Crippen LogP contribution in [0.25, 0.3) is 0 Å². The summed E-state index contributed by atoms with van der Waals surface area (Å²) in [7, 11) is 0. The fourth-order valence-corrected chi connectivity index (χ4v) is 1.74. The third-order valence-electron chi connectivity index (χ3n) is 2.84. The molecule has 0 aliphatic carbocycles. The van der Waals surface area contributed by atoms with E-state index in [1.165, 1.54) is 19.3 Å². The van der Waals surface area contributed by atoms with Crippen molar-refractivity contribution in [1.29, 1.82) is 0 Å². The van der Waals surface area contributed by atoms with Gasteiger partial charge in [0.2, 0.25) is 5.88 Å². The number of ether oxygens (including phenoxy) is 1. The molecule has 0 saturated carbocycles. The zero-order chi connectivity index (χ0) is 12.7. The van der Waals surface area contributed by atoms with Crippen molar-refractivity contribution in [1.82, 2.24) is 9.97 Å². The third-order valence-corrected chi connectivity index (χ3v) is 2.84. The van der Waals surface area contributed by atoms with Crippen molar-refractivity contribution >= 4 is 5.82 Å². The number of aryl methyl sites for hydroxylation is 1. The van der Waals surface area contributed by atoms with Gasteiger partial charge in [0.1, 0.15) is 11.6 Å². The van der Waals surface area contributed by atoms with Gasteiger partial charge >= 0.3 is 0 Å². The first-order chi connectivity index (χ1) is 8.15. The molecule has 1 aromatic rings. The molecule has 0 spiro atoms. The van der Waals surface area contributed by atoms with Crippen molar-refractivity contribution in [3.8, 4) is 5.88 Å². The molecule has 1 atom stereocenters. The Labute approximate surface area is 104 Å². The number of hydrogen-bond donors (Lipinski definition) is 1. The van der Waals surface area contributed by atoms with Gasteiger partial charge in [0.05, 0.1) is 6.61 Å². The van der Waals surface area contributed by atoms with Gasteiger partial charge in [-0.05, 0) is 19.3 Å². The Kier molecular flexibility index (Phi) is 5.73. The average molecular weight is 237 g/mol. The van der Waals surface area contributed by atoms with Crippen LogP contribution in [0.5, 0.6) is 5.88 Å². The molecule has 0 aromatic carbocycles. The SMILES string of the molecule is CCCCC(CC)COc1cc(N)nc(C)n1. The summed E-state index contributed by atoms with van der Waals surface area (Å²) < 4.78 is 5.69. The molecule has 0 bridgehead atoms. The molecule has 17 heavy (non-hydrogen) atoms. The van der Waals surface area contributed by atoms with Gasteiger partial charge in [-0.2, -0.15) is 4.98 Å². The highest BCUT2D eigenvalue weighted by atomic mass is 16.5. The first-order valence-corrected chi connectivity index (χ1v) is 6.39. The van der Waals surface area contributed by atoms with Crippen LogP contribution in [0.1, 0.15) is 45.4 Å². The maximum Gasteiger partial charge on any atom is 0.218 e. The van der Waals surface area contributed by atoms with E-state index in [9.17, 15) is 0 Å². The predicted octanol–water partition coefficient (Wildman–Crippen LogP) is 2.96. The van der Waals surface area contributed by atoms with E-state index in [-0.39, 0.29) is 0 Å². The Balaban J connectivity index is 2.47. The van der Waals surface area contributed by atoms with Crippen molar-refractivity contribution in [3.63, 3.8) is 0 Å². The van der Waals surface area contributed by atoms with Crippen molar-refractivity contribution < 1.29 is 4.74 Å². The lowest BCUT2D eigenvalue weighted by atomic mass is 10.0. The summed E-state index contributed by atoms with van der Waals surface area (Å²) in [6.07, 6.45) is 4.84. The molecule has 1 rings (SSSR count). The Morgan fingerprint density at radius 2 is 2.12 bits per heavy atom. The second-order valence-corrected chi connectivity index (χ2v) is 4.41. The molecule has 4 heteroatoms. The smallest absolute Gasteiger partial charge is 0.218 e. The maximum absolute atomic E-state index is 5.69. The predicted molar refractivity (Wildman–Crippen MR) is 70.0 cm³/mol. The van der Waals surface area contributed by atoms with Crippen molar-refractivity contribution in [2.24, 2.45) is 5.92 Å². The molecule has 1 unspecified atom stereocenters. The van der Waals surface area contributed by atoms with Crippen LogP contribution >= 0.6 is 0 Å². The summed E-state index contributed by atoms with van der Waals surface area (Å²) in [5, 5.41) is 0. The standard InChI is InChI=1S/C13H23N3O/c1-4-6-7-11(5-2)9-17-13-8-12(14)15-10(3)16-13/h8,11H,4-7,9H2,1-3H3,(H2,14,15,16). The third kappa shape index (κ3) is 5.02. The lowest BCUT2D eigenvalue weighted by molar-refractivity contribution is 0.225. The largest absolute Gasteiger partial charge is 0.477 e. The number of anilines is 1. The minimum absolute atomic E-state index is 0.467. The molecule has 0 amide bonds. The van der Waals surface area contributed by atoms with Crippen LogP contribution in [0.3, 0.4) is 0 Å². The Hall–Kier alpha value is -1.32. The van der Waals surface area contributed by atoms with Gasteiger partial charge in [-0.25, -0.2) is 4.98 Å². The Morgan fingerprint density at radius 1 is 1.35 bits per heavy atom. The normalized spacial score (nSPS) is 12.4. The van der Waals surface area contributed by atoms with Crippen LogP contribution < -0.4 is 10.5 Å². The summed E-state index contributed by atoms with van der Waals surface area (Å²) >= 11 is 0. The van der Waals surface area contributed by atoms with Crippen LogP contribution in [0.15, 0.2) is 6.07 Å². The average Bonchev–Trinajstić information content (AvgIpc) is 2.28. The topological polar surface area (TPSA) is 61.0 Å². The quantitative estimate of drug-likeness (QED) is 0.792. The second-order valence-electron chi connectivity index (χ2n) is 4.41. The maximum atomic E-state index is 5.69. The van der Waals surface area contributed by atoms with Gasteiger partial charge in [0.25, 0.3) is 0 Å². The summed E-state index contributed by atoms with van der Waals surface area (Å²) in [4.78, 5) is 8.23. The number of nitrogen functional groups attached to an aromatic ring is 1. The fraction of sp³-hybridized carbons (Fsp3) is 0.692. The molecule has 0 fully saturated rings. The minimum Gasteiger partial charge on any atom is -0.477 e. The number of aromatic nitrogens is 2. The highest BCUT2D eigenvalue weighted by Gasteiger charge is 2.08. The van der Waals surface area contributed by atoms with E-state index in [2.05, 4.69) is 23.8 Å². The molecular weight excluding hydrogens is 214 g/mol. The first kappa shape index (κ1) is 13.7. The van der Waals surface area contributed by atoms with E-state index in [4.69, 9.17) is 10.5 Å². The number of unbranched alkanes of at least 4 members (excludes halogenated alkanes) is 1. The van der Waals surface area contributed by atoms with Crippen LogP contribution in [0.4, 0.5) is 5.82 Å². The van der Waals surface area contributed by atoms with E-state index >= 15 is 0 Å². The summed E-state index contributed by atoms with van der Waals surface area (Å²) in [5.74, 6) is 2.31. The Morgan fingerprint density at radius 3 is 2.71 bits per heavy atom. The van der Waals surface area contributed by atoms with E-state index in [1.54, 1.807) is 6.07 Å². The second kappa shape index (κ2) is 7.09. The van der Waals surface area contributed by atoms with Crippen molar-refractivity contribution in [2.75, 3.05) is 12.3 Å². The van der Waals surface area contributed by atoms with E-state index < -0.39 is 0 Å². The van der Waals surface area contributed by atoms with Gasteiger partial charge < -0.3 is 10.5 Å². The minimum atomic E-state index is 0.467. The van der Waals surface area contributed by atoms with Gasteiger partial charge in [-0.1, -0.05) is 33.1 Å². The summed E-state index contributed by atoms with van der Waals surface area (Å²) in [6, 6.07) is 1.68.